The van der Waals surface area contributed by atoms with Gasteiger partial charge in [0.1, 0.15) is 5.82 Å². The Morgan fingerprint density at radius 2 is 1.96 bits per heavy atom. The molecule has 0 saturated heterocycles. The topological polar surface area (TPSA) is 51.2 Å². The van der Waals surface area contributed by atoms with Crippen LogP contribution in [0.3, 0.4) is 0 Å². The first kappa shape index (κ1) is 16.3. The van der Waals surface area contributed by atoms with Gasteiger partial charge in [0.15, 0.2) is 0 Å². The molecule has 1 aliphatic rings. The van der Waals surface area contributed by atoms with Gasteiger partial charge in [-0.2, -0.15) is 0 Å². The third-order valence-corrected chi connectivity index (χ3v) is 5.08. The molecular weight excluding hydrogens is 312 g/mol. The molecule has 4 rings (SSSR count). The molecular formula is C19H26N6. The third-order valence-electron chi connectivity index (χ3n) is 5.08. The van der Waals surface area contributed by atoms with Crippen molar-refractivity contribution in [3.8, 4) is 0 Å². The second-order valence-electron chi connectivity index (χ2n) is 7.48. The standard InChI is InChI=1S/C19H26N6/c1-12(2)18-22-16-11-24(7-6-17(16)23(18)5)9-15-10-25-14(4)8-13(3)20-19(25)21-15/h8,10,12H,6-7,9,11H2,1-5H3. The highest BCUT2D eigenvalue weighted by Crippen LogP contribution is 2.24. The van der Waals surface area contributed by atoms with E-state index in [0.29, 0.717) is 5.92 Å². The summed E-state index contributed by atoms with van der Waals surface area (Å²) in [6.07, 6.45) is 3.17. The highest BCUT2D eigenvalue weighted by molar-refractivity contribution is 5.34. The van der Waals surface area contributed by atoms with Crippen LogP contribution in [0.5, 0.6) is 0 Å². The van der Waals surface area contributed by atoms with Gasteiger partial charge in [0.05, 0.1) is 11.4 Å². The monoisotopic (exact) mass is 338 g/mol. The number of imidazole rings is 2. The van der Waals surface area contributed by atoms with Crippen LogP contribution in [0.4, 0.5) is 0 Å². The number of nitrogens with zero attached hydrogens (tertiary/aromatic N) is 6. The van der Waals surface area contributed by atoms with E-state index in [2.05, 4.69) is 58.9 Å². The van der Waals surface area contributed by atoms with Gasteiger partial charge in [-0.1, -0.05) is 13.8 Å². The Hall–Kier alpha value is -2.21. The van der Waals surface area contributed by atoms with Crippen molar-refractivity contribution in [1.29, 1.82) is 0 Å². The van der Waals surface area contributed by atoms with Gasteiger partial charge in [-0.15, -0.1) is 0 Å². The number of aryl methyl sites for hydroxylation is 2. The molecule has 6 nitrogen and oxygen atoms in total. The molecule has 0 spiro atoms. The summed E-state index contributed by atoms with van der Waals surface area (Å²) in [5.41, 5.74) is 5.88. The van der Waals surface area contributed by atoms with E-state index in [1.165, 1.54) is 22.9 Å². The molecule has 0 amide bonds. The fourth-order valence-electron chi connectivity index (χ4n) is 3.88. The lowest BCUT2D eigenvalue weighted by atomic mass is 10.1. The summed E-state index contributed by atoms with van der Waals surface area (Å²) in [5.74, 6) is 2.44. The van der Waals surface area contributed by atoms with E-state index in [0.717, 1.165) is 43.2 Å². The molecule has 6 heteroatoms. The van der Waals surface area contributed by atoms with Crippen molar-refractivity contribution >= 4 is 5.78 Å². The summed E-state index contributed by atoms with van der Waals surface area (Å²) in [7, 11) is 2.15. The average Bonchev–Trinajstić information content (AvgIpc) is 3.08. The van der Waals surface area contributed by atoms with Crippen molar-refractivity contribution in [2.75, 3.05) is 6.54 Å². The summed E-state index contributed by atoms with van der Waals surface area (Å²) in [6, 6.07) is 2.09. The van der Waals surface area contributed by atoms with Crippen LogP contribution >= 0.6 is 0 Å². The normalized spacial score (nSPS) is 15.3. The zero-order chi connectivity index (χ0) is 17.7. The van der Waals surface area contributed by atoms with Gasteiger partial charge in [0, 0.05) is 62.3 Å². The summed E-state index contributed by atoms with van der Waals surface area (Å²) in [6.45, 7) is 11.3. The SMILES string of the molecule is Cc1cc(C)n2cc(CN3CCc4c(nc(C(C)C)n4C)C3)nc2n1. The van der Waals surface area contributed by atoms with Crippen LogP contribution in [-0.4, -0.2) is 35.4 Å². The van der Waals surface area contributed by atoms with Crippen molar-refractivity contribution in [3.05, 3.63) is 46.6 Å². The highest BCUT2D eigenvalue weighted by atomic mass is 15.2. The van der Waals surface area contributed by atoms with Crippen molar-refractivity contribution in [2.24, 2.45) is 7.05 Å². The van der Waals surface area contributed by atoms with Crippen LogP contribution in [0, 0.1) is 13.8 Å². The lowest BCUT2D eigenvalue weighted by Crippen LogP contribution is -2.30. The van der Waals surface area contributed by atoms with Crippen molar-refractivity contribution < 1.29 is 0 Å². The van der Waals surface area contributed by atoms with Gasteiger partial charge in [0.2, 0.25) is 5.78 Å². The van der Waals surface area contributed by atoms with E-state index in [9.17, 15) is 0 Å². The fourth-order valence-corrected chi connectivity index (χ4v) is 3.88. The van der Waals surface area contributed by atoms with E-state index < -0.39 is 0 Å². The quantitative estimate of drug-likeness (QED) is 0.737. The smallest absolute Gasteiger partial charge is 0.234 e. The van der Waals surface area contributed by atoms with E-state index >= 15 is 0 Å². The van der Waals surface area contributed by atoms with Crippen molar-refractivity contribution in [2.45, 2.75) is 53.1 Å². The zero-order valence-corrected chi connectivity index (χ0v) is 15.7. The number of hydrogen-bond acceptors (Lipinski definition) is 4. The third kappa shape index (κ3) is 2.84. The summed E-state index contributed by atoms with van der Waals surface area (Å²) in [4.78, 5) is 16.6. The largest absolute Gasteiger partial charge is 0.335 e. The van der Waals surface area contributed by atoms with E-state index in [1.54, 1.807) is 0 Å². The molecule has 0 saturated carbocycles. The predicted molar refractivity (Wildman–Crippen MR) is 97.6 cm³/mol. The van der Waals surface area contributed by atoms with Gasteiger partial charge >= 0.3 is 0 Å². The van der Waals surface area contributed by atoms with E-state index in [-0.39, 0.29) is 0 Å². The van der Waals surface area contributed by atoms with E-state index in [1.807, 2.05) is 6.92 Å². The summed E-state index contributed by atoms with van der Waals surface area (Å²) >= 11 is 0. The number of hydrogen-bond donors (Lipinski definition) is 0. The molecule has 0 fully saturated rings. The average molecular weight is 338 g/mol. The first-order valence-electron chi connectivity index (χ1n) is 9.01. The summed E-state index contributed by atoms with van der Waals surface area (Å²) in [5, 5.41) is 0. The maximum Gasteiger partial charge on any atom is 0.234 e. The molecule has 132 valence electrons. The van der Waals surface area contributed by atoms with Crippen molar-refractivity contribution in [3.63, 3.8) is 0 Å². The number of aromatic nitrogens is 5. The molecule has 0 unspecified atom stereocenters. The molecule has 4 heterocycles. The molecule has 3 aromatic heterocycles. The minimum Gasteiger partial charge on any atom is -0.335 e. The Morgan fingerprint density at radius 3 is 2.72 bits per heavy atom. The molecule has 0 bridgehead atoms. The van der Waals surface area contributed by atoms with E-state index in [4.69, 9.17) is 9.97 Å². The second-order valence-corrected chi connectivity index (χ2v) is 7.48. The first-order chi connectivity index (χ1) is 11.9. The fraction of sp³-hybridized carbons (Fsp3) is 0.526. The van der Waals surface area contributed by atoms with Gasteiger partial charge < -0.3 is 4.57 Å². The zero-order valence-electron chi connectivity index (χ0n) is 15.7. The summed E-state index contributed by atoms with van der Waals surface area (Å²) < 4.78 is 4.37. The van der Waals surface area contributed by atoms with Crippen LogP contribution < -0.4 is 0 Å². The molecule has 3 aromatic rings. The van der Waals surface area contributed by atoms with Gasteiger partial charge in [-0.3, -0.25) is 9.30 Å². The minimum atomic E-state index is 0.458. The molecule has 0 aliphatic carbocycles. The van der Waals surface area contributed by atoms with Crippen LogP contribution in [0.1, 0.15) is 54.1 Å². The second kappa shape index (κ2) is 5.95. The minimum absolute atomic E-state index is 0.458. The van der Waals surface area contributed by atoms with Crippen LogP contribution in [-0.2, 0) is 26.6 Å². The molecule has 1 aliphatic heterocycles. The maximum atomic E-state index is 4.89. The Bertz CT molecular complexity index is 933. The maximum absolute atomic E-state index is 4.89. The highest BCUT2D eigenvalue weighted by Gasteiger charge is 2.24. The Morgan fingerprint density at radius 1 is 1.16 bits per heavy atom. The van der Waals surface area contributed by atoms with Gasteiger partial charge in [-0.25, -0.2) is 15.0 Å². The lowest BCUT2D eigenvalue weighted by molar-refractivity contribution is 0.237. The first-order valence-corrected chi connectivity index (χ1v) is 9.01. The van der Waals surface area contributed by atoms with Crippen LogP contribution in [0.2, 0.25) is 0 Å². The lowest BCUT2D eigenvalue weighted by Gasteiger charge is -2.25. The molecule has 0 atom stereocenters. The van der Waals surface area contributed by atoms with Gasteiger partial charge in [-0.05, 0) is 19.9 Å². The number of rotatable bonds is 3. The Balaban J connectivity index is 1.57. The molecule has 25 heavy (non-hydrogen) atoms. The Labute approximate surface area is 148 Å². The number of fused-ring (bicyclic) bond motifs is 2. The molecule has 0 radical (unpaired) electrons. The van der Waals surface area contributed by atoms with Crippen LogP contribution in [0.25, 0.3) is 5.78 Å². The Kier molecular flexibility index (Phi) is 3.87. The van der Waals surface area contributed by atoms with Crippen LogP contribution in [0.15, 0.2) is 12.3 Å². The molecule has 0 N–H and O–H groups in total. The van der Waals surface area contributed by atoms with Crippen molar-refractivity contribution in [1.82, 2.24) is 28.8 Å². The molecule has 0 aromatic carbocycles. The van der Waals surface area contributed by atoms with Gasteiger partial charge in [0.25, 0.3) is 0 Å². The predicted octanol–water partition coefficient (Wildman–Crippen LogP) is 2.76.